The van der Waals surface area contributed by atoms with Gasteiger partial charge in [0.15, 0.2) is 5.65 Å². The van der Waals surface area contributed by atoms with E-state index in [0.29, 0.717) is 6.20 Å². The van der Waals surface area contributed by atoms with Gasteiger partial charge in [-0.05, 0) is 47.6 Å². The lowest BCUT2D eigenvalue weighted by atomic mass is 10.3. The molecule has 0 aliphatic heterocycles. The maximum absolute atomic E-state index is 13.2. The molecular weight excluding hydrogens is 377 g/mol. The number of pyridine rings is 1. The Balaban J connectivity index is 1.90. The molecule has 3 aromatic rings. The highest BCUT2D eigenvalue weighted by Crippen LogP contribution is 2.33. The molecule has 0 N–H and O–H groups in total. The van der Waals surface area contributed by atoms with Crippen LogP contribution < -0.4 is 0 Å². The first kappa shape index (κ1) is 16.8. The minimum atomic E-state index is -4.49. The van der Waals surface area contributed by atoms with E-state index < -0.39 is 22.9 Å². The second-order valence-corrected chi connectivity index (χ2v) is 5.96. The molecule has 12 heteroatoms. The molecular formula is C12H5ClF5N5S. The lowest BCUT2D eigenvalue weighted by Gasteiger charge is -2.07. The lowest BCUT2D eigenvalue weighted by Crippen LogP contribution is -2.11. The quantitative estimate of drug-likeness (QED) is 0.507. The maximum atomic E-state index is 13.2. The monoisotopic (exact) mass is 381 g/mol. The molecule has 0 fully saturated rings. The highest BCUT2D eigenvalue weighted by atomic mass is 35.5. The Bertz CT molecular complexity index is 874. The van der Waals surface area contributed by atoms with Crippen molar-refractivity contribution < 1.29 is 22.0 Å². The molecule has 126 valence electrons. The Morgan fingerprint density at radius 2 is 1.67 bits per heavy atom. The number of aromatic nitrogens is 5. The van der Waals surface area contributed by atoms with E-state index in [1.54, 1.807) is 0 Å². The van der Waals surface area contributed by atoms with Crippen LogP contribution in [-0.2, 0) is 11.6 Å². The Morgan fingerprint density at radius 3 is 2.25 bits per heavy atom. The number of nitrogens with zero attached hydrogens (tertiary/aromatic N) is 5. The van der Waals surface area contributed by atoms with Gasteiger partial charge in [-0.15, -0.1) is 10.2 Å². The van der Waals surface area contributed by atoms with Gasteiger partial charge in [-0.3, -0.25) is 0 Å². The summed E-state index contributed by atoms with van der Waals surface area (Å²) in [6, 6.07) is 4.84. The summed E-state index contributed by atoms with van der Waals surface area (Å²) in [5, 5.41) is 7.33. The maximum Gasteiger partial charge on any atom is 0.417 e. The van der Waals surface area contributed by atoms with Crippen molar-refractivity contribution in [3.8, 4) is 0 Å². The fraction of sp³-hybridized carbons (Fsp3) is 0.167. The first-order valence-corrected chi connectivity index (χ1v) is 7.35. The predicted octanol–water partition coefficient (Wildman–Crippen LogP) is 3.98. The number of fused-ring (bicyclic) bond motifs is 1. The van der Waals surface area contributed by atoms with E-state index in [2.05, 4.69) is 20.3 Å². The minimum Gasteiger partial charge on any atom is -0.249 e. The molecule has 0 aliphatic carbocycles. The molecule has 0 amide bonds. The van der Waals surface area contributed by atoms with Crippen LogP contribution in [0.5, 0.6) is 0 Å². The summed E-state index contributed by atoms with van der Waals surface area (Å²) < 4.78 is 64.6. The van der Waals surface area contributed by atoms with Gasteiger partial charge in [-0.1, -0.05) is 0 Å². The van der Waals surface area contributed by atoms with Gasteiger partial charge in [0.1, 0.15) is 10.1 Å². The van der Waals surface area contributed by atoms with Crippen molar-refractivity contribution in [2.24, 2.45) is 0 Å². The molecule has 0 radical (unpaired) electrons. The van der Waals surface area contributed by atoms with E-state index in [4.69, 9.17) is 11.6 Å². The summed E-state index contributed by atoms with van der Waals surface area (Å²) in [6.07, 6.45) is -3.81. The first-order valence-electron chi connectivity index (χ1n) is 6.15. The second kappa shape index (κ2) is 5.81. The van der Waals surface area contributed by atoms with Crippen LogP contribution >= 0.6 is 23.4 Å². The number of rotatable bonds is 3. The summed E-state index contributed by atoms with van der Waals surface area (Å²) in [5.41, 5.74) is -0.840. The fourth-order valence-corrected chi connectivity index (χ4v) is 2.55. The zero-order valence-electron chi connectivity index (χ0n) is 11.3. The van der Waals surface area contributed by atoms with Crippen LogP contribution in [0.25, 0.3) is 5.65 Å². The topological polar surface area (TPSA) is 56.0 Å². The molecule has 3 rings (SSSR count). The molecule has 5 nitrogen and oxygen atoms in total. The third-order valence-electron chi connectivity index (χ3n) is 2.76. The van der Waals surface area contributed by atoms with E-state index in [1.807, 2.05) is 0 Å². The van der Waals surface area contributed by atoms with Crippen LogP contribution in [0.3, 0.4) is 0 Å². The number of alkyl halides is 6. The summed E-state index contributed by atoms with van der Waals surface area (Å²) in [4.78, 5) is 3.67. The van der Waals surface area contributed by atoms with E-state index in [9.17, 15) is 22.0 Å². The van der Waals surface area contributed by atoms with Crippen LogP contribution in [0.4, 0.5) is 22.0 Å². The van der Waals surface area contributed by atoms with Gasteiger partial charge in [0, 0.05) is 6.20 Å². The van der Waals surface area contributed by atoms with Crippen LogP contribution in [0.15, 0.2) is 40.5 Å². The third kappa shape index (κ3) is 3.41. The molecule has 0 aliphatic rings. The molecule has 24 heavy (non-hydrogen) atoms. The molecule has 0 spiro atoms. The zero-order chi connectivity index (χ0) is 17.5. The van der Waals surface area contributed by atoms with Crippen molar-refractivity contribution >= 4 is 29.0 Å². The number of hydrogen-bond acceptors (Lipinski definition) is 5. The van der Waals surface area contributed by atoms with Crippen LogP contribution in [-0.4, -0.2) is 24.8 Å². The van der Waals surface area contributed by atoms with Gasteiger partial charge in [-0.2, -0.15) is 31.6 Å². The minimum absolute atomic E-state index is 0.0510. The average Bonchev–Trinajstić information content (AvgIpc) is 2.90. The van der Waals surface area contributed by atoms with Crippen LogP contribution in [0.1, 0.15) is 11.4 Å². The largest absolute Gasteiger partial charge is 0.417 e. The molecule has 3 aromatic heterocycles. The summed E-state index contributed by atoms with van der Waals surface area (Å²) in [5.74, 6) is -0.859. The standard InChI is InChI=1S/C12H5ClF5N5S/c13-11(14,15)10-21-20-7-2-4-9(22-23(7)10)24-8-3-1-6(5-19-8)12(16,17)18/h1-5H. The molecule has 0 bridgehead atoms. The lowest BCUT2D eigenvalue weighted by molar-refractivity contribution is -0.137. The molecule has 3 heterocycles. The molecule has 0 saturated heterocycles. The molecule has 0 atom stereocenters. The Kier molecular flexibility index (Phi) is 4.08. The SMILES string of the molecule is FC(F)(F)c1ccc(Sc2ccc3nnc(C(F)(F)Cl)n3n2)nc1. The summed E-state index contributed by atoms with van der Waals surface area (Å²) >= 11 is 5.82. The van der Waals surface area contributed by atoms with Crippen molar-refractivity contribution in [2.75, 3.05) is 0 Å². The van der Waals surface area contributed by atoms with Crippen molar-refractivity contribution in [3.63, 3.8) is 0 Å². The molecule has 0 unspecified atom stereocenters. The van der Waals surface area contributed by atoms with Gasteiger partial charge in [-0.25, -0.2) is 4.98 Å². The third-order valence-corrected chi connectivity index (χ3v) is 3.81. The number of hydrogen-bond donors (Lipinski definition) is 0. The zero-order valence-corrected chi connectivity index (χ0v) is 12.9. The van der Waals surface area contributed by atoms with Gasteiger partial charge in [0.2, 0.25) is 5.82 Å². The van der Waals surface area contributed by atoms with Gasteiger partial charge in [0.25, 0.3) is 0 Å². The van der Waals surface area contributed by atoms with Crippen molar-refractivity contribution in [1.82, 2.24) is 24.8 Å². The average molecular weight is 382 g/mol. The van der Waals surface area contributed by atoms with Gasteiger partial charge < -0.3 is 0 Å². The number of halogens is 6. The normalized spacial score (nSPS) is 12.8. The molecule has 0 saturated carbocycles. The van der Waals surface area contributed by atoms with Crippen molar-refractivity contribution in [3.05, 3.63) is 41.9 Å². The highest BCUT2D eigenvalue weighted by molar-refractivity contribution is 7.99. The second-order valence-electron chi connectivity index (χ2n) is 4.45. The van der Waals surface area contributed by atoms with Crippen molar-refractivity contribution in [1.29, 1.82) is 0 Å². The first-order chi connectivity index (χ1) is 11.1. The molecule has 0 aromatic carbocycles. The van der Waals surface area contributed by atoms with Crippen molar-refractivity contribution in [2.45, 2.75) is 21.6 Å². The van der Waals surface area contributed by atoms with E-state index in [1.165, 1.54) is 12.1 Å². The van der Waals surface area contributed by atoms with E-state index >= 15 is 0 Å². The fourth-order valence-electron chi connectivity index (χ4n) is 1.72. The summed E-state index contributed by atoms with van der Waals surface area (Å²) in [7, 11) is 0. The van der Waals surface area contributed by atoms with Gasteiger partial charge >= 0.3 is 11.6 Å². The van der Waals surface area contributed by atoms with Crippen LogP contribution in [0, 0.1) is 0 Å². The smallest absolute Gasteiger partial charge is 0.249 e. The van der Waals surface area contributed by atoms with Crippen LogP contribution in [0.2, 0.25) is 0 Å². The van der Waals surface area contributed by atoms with E-state index in [-0.39, 0.29) is 15.7 Å². The summed E-state index contributed by atoms with van der Waals surface area (Å²) in [6.45, 7) is 0. The Hall–Kier alpha value is -2.01. The highest BCUT2D eigenvalue weighted by Gasteiger charge is 2.35. The predicted molar refractivity (Wildman–Crippen MR) is 73.9 cm³/mol. The Morgan fingerprint density at radius 1 is 0.958 bits per heavy atom. The van der Waals surface area contributed by atoms with E-state index in [0.717, 1.165) is 28.4 Å². The Labute approximate surface area is 139 Å². The van der Waals surface area contributed by atoms with Gasteiger partial charge in [0.05, 0.1) is 5.56 Å².